The van der Waals surface area contributed by atoms with Crippen molar-refractivity contribution in [2.24, 2.45) is 5.73 Å². The lowest BCUT2D eigenvalue weighted by atomic mass is 10.1. The second-order valence-electron chi connectivity index (χ2n) is 5.11. The molecule has 0 aromatic heterocycles. The Morgan fingerprint density at radius 2 is 1.79 bits per heavy atom. The van der Waals surface area contributed by atoms with Crippen molar-refractivity contribution in [3.63, 3.8) is 0 Å². The van der Waals surface area contributed by atoms with Crippen molar-refractivity contribution in [3.8, 4) is 5.75 Å². The van der Waals surface area contributed by atoms with E-state index in [-0.39, 0.29) is 6.04 Å². The van der Waals surface area contributed by atoms with Crippen molar-refractivity contribution in [1.82, 2.24) is 0 Å². The van der Waals surface area contributed by atoms with Crippen molar-refractivity contribution in [2.75, 3.05) is 0 Å². The Labute approximate surface area is 115 Å². The molecule has 0 saturated carbocycles. The van der Waals surface area contributed by atoms with E-state index in [9.17, 15) is 0 Å². The normalized spacial score (nSPS) is 12.2. The first-order valence-corrected chi connectivity index (χ1v) is 6.66. The molecule has 0 aliphatic carbocycles. The predicted octanol–water partition coefficient (Wildman–Crippen LogP) is 3.46. The Bertz CT molecular complexity index is 534. The summed E-state index contributed by atoms with van der Waals surface area (Å²) in [5.74, 6) is 0.902. The van der Waals surface area contributed by atoms with Crippen LogP contribution in [-0.2, 0) is 13.0 Å². The molecular weight excluding hydrogens is 234 g/mol. The van der Waals surface area contributed by atoms with Crippen molar-refractivity contribution < 1.29 is 4.74 Å². The van der Waals surface area contributed by atoms with E-state index < -0.39 is 0 Å². The molecule has 1 atom stereocenters. The number of benzene rings is 2. The summed E-state index contributed by atoms with van der Waals surface area (Å²) in [5.41, 5.74) is 9.48. The highest BCUT2D eigenvalue weighted by Crippen LogP contribution is 2.16. The molecule has 2 aromatic carbocycles. The average Bonchev–Trinajstić information content (AvgIpc) is 2.36. The van der Waals surface area contributed by atoms with E-state index in [1.165, 1.54) is 16.7 Å². The fourth-order valence-electron chi connectivity index (χ4n) is 2.10. The standard InChI is InChI=1S/C17H21NO/c1-13-5-3-7-16(9-13)12-19-17-8-4-6-15(11-17)10-14(2)18/h3-9,11,14H,10,12,18H2,1-2H3. The van der Waals surface area contributed by atoms with Crippen LogP contribution in [0.4, 0.5) is 0 Å². The molecule has 0 radical (unpaired) electrons. The Morgan fingerprint density at radius 3 is 2.53 bits per heavy atom. The molecule has 100 valence electrons. The minimum absolute atomic E-state index is 0.173. The van der Waals surface area contributed by atoms with Crippen LogP contribution in [0, 0.1) is 6.92 Å². The van der Waals surface area contributed by atoms with Gasteiger partial charge in [0, 0.05) is 6.04 Å². The maximum atomic E-state index is 5.83. The van der Waals surface area contributed by atoms with Crippen molar-refractivity contribution >= 4 is 0 Å². The van der Waals surface area contributed by atoms with Crippen LogP contribution in [0.3, 0.4) is 0 Å². The highest BCUT2D eigenvalue weighted by atomic mass is 16.5. The highest BCUT2D eigenvalue weighted by molar-refractivity contribution is 5.30. The van der Waals surface area contributed by atoms with Gasteiger partial charge in [-0.05, 0) is 43.5 Å². The van der Waals surface area contributed by atoms with Gasteiger partial charge >= 0.3 is 0 Å². The number of nitrogens with two attached hydrogens (primary N) is 1. The zero-order chi connectivity index (χ0) is 13.7. The van der Waals surface area contributed by atoms with Crippen molar-refractivity contribution in [2.45, 2.75) is 32.9 Å². The monoisotopic (exact) mass is 255 g/mol. The fourth-order valence-corrected chi connectivity index (χ4v) is 2.10. The molecule has 0 aliphatic heterocycles. The van der Waals surface area contributed by atoms with Gasteiger partial charge in [0.15, 0.2) is 0 Å². The largest absolute Gasteiger partial charge is 0.489 e. The summed E-state index contributed by atoms with van der Waals surface area (Å²) in [6, 6.07) is 16.7. The molecule has 2 aromatic rings. The van der Waals surface area contributed by atoms with Crippen molar-refractivity contribution in [3.05, 3.63) is 65.2 Å². The molecule has 19 heavy (non-hydrogen) atoms. The van der Waals surface area contributed by atoms with Crippen LogP contribution in [-0.4, -0.2) is 6.04 Å². The molecule has 1 unspecified atom stereocenters. The van der Waals surface area contributed by atoms with Crippen molar-refractivity contribution in [1.29, 1.82) is 0 Å². The molecule has 0 heterocycles. The van der Waals surface area contributed by atoms with E-state index in [2.05, 4.69) is 43.3 Å². The lowest BCUT2D eigenvalue weighted by molar-refractivity contribution is 0.306. The third-order valence-corrected chi connectivity index (χ3v) is 2.94. The molecule has 0 aliphatic rings. The maximum absolute atomic E-state index is 5.83. The summed E-state index contributed by atoms with van der Waals surface area (Å²) >= 11 is 0. The highest BCUT2D eigenvalue weighted by Gasteiger charge is 2.01. The summed E-state index contributed by atoms with van der Waals surface area (Å²) in [5, 5.41) is 0. The van der Waals surface area contributed by atoms with Crippen LogP contribution >= 0.6 is 0 Å². The molecule has 0 fully saturated rings. The molecule has 0 saturated heterocycles. The van der Waals surface area contributed by atoms with Crippen LogP contribution < -0.4 is 10.5 Å². The molecule has 2 nitrogen and oxygen atoms in total. The van der Waals surface area contributed by atoms with Crippen LogP contribution in [0.5, 0.6) is 5.75 Å². The first-order valence-electron chi connectivity index (χ1n) is 6.66. The SMILES string of the molecule is Cc1cccc(COc2cccc(CC(C)N)c2)c1. The number of hydrogen-bond acceptors (Lipinski definition) is 2. The zero-order valence-corrected chi connectivity index (χ0v) is 11.6. The Morgan fingerprint density at radius 1 is 1.05 bits per heavy atom. The maximum Gasteiger partial charge on any atom is 0.120 e. The van der Waals surface area contributed by atoms with Gasteiger partial charge in [-0.1, -0.05) is 42.0 Å². The average molecular weight is 255 g/mol. The minimum atomic E-state index is 0.173. The lowest BCUT2D eigenvalue weighted by Gasteiger charge is -2.10. The number of aryl methyl sites for hydroxylation is 1. The second-order valence-corrected chi connectivity index (χ2v) is 5.11. The molecule has 2 heteroatoms. The summed E-state index contributed by atoms with van der Waals surface area (Å²) in [6.45, 7) is 4.70. The fraction of sp³-hybridized carbons (Fsp3) is 0.294. The van der Waals surface area contributed by atoms with Gasteiger partial charge in [-0.25, -0.2) is 0 Å². The third kappa shape index (κ3) is 4.42. The summed E-state index contributed by atoms with van der Waals surface area (Å²) in [6.07, 6.45) is 0.877. The number of hydrogen-bond donors (Lipinski definition) is 1. The van der Waals surface area contributed by atoms with Crippen LogP contribution in [0.1, 0.15) is 23.6 Å². The topological polar surface area (TPSA) is 35.2 Å². The van der Waals surface area contributed by atoms with Gasteiger partial charge in [0.05, 0.1) is 0 Å². The quantitative estimate of drug-likeness (QED) is 0.888. The van der Waals surface area contributed by atoms with E-state index >= 15 is 0 Å². The number of ether oxygens (including phenoxy) is 1. The van der Waals surface area contributed by atoms with Crippen LogP contribution in [0.2, 0.25) is 0 Å². The first kappa shape index (κ1) is 13.6. The van der Waals surface area contributed by atoms with Gasteiger partial charge in [0.1, 0.15) is 12.4 Å². The van der Waals surface area contributed by atoms with Crippen LogP contribution in [0.15, 0.2) is 48.5 Å². The van der Waals surface area contributed by atoms with E-state index in [4.69, 9.17) is 10.5 Å². The number of rotatable bonds is 5. The predicted molar refractivity (Wildman–Crippen MR) is 79.3 cm³/mol. The minimum Gasteiger partial charge on any atom is -0.489 e. The molecule has 0 amide bonds. The summed E-state index contributed by atoms with van der Waals surface area (Å²) in [4.78, 5) is 0. The van der Waals surface area contributed by atoms with Gasteiger partial charge in [-0.15, -0.1) is 0 Å². The van der Waals surface area contributed by atoms with Crippen LogP contribution in [0.25, 0.3) is 0 Å². The Kier molecular flexibility index (Phi) is 4.58. The van der Waals surface area contributed by atoms with Gasteiger partial charge in [0.25, 0.3) is 0 Å². The molecular formula is C17H21NO. The zero-order valence-electron chi connectivity index (χ0n) is 11.6. The van der Waals surface area contributed by atoms with Gasteiger partial charge < -0.3 is 10.5 Å². The molecule has 0 bridgehead atoms. The Hall–Kier alpha value is -1.80. The molecule has 0 spiro atoms. The molecule has 2 N–H and O–H groups in total. The molecule has 2 rings (SSSR count). The Balaban J connectivity index is 1.99. The lowest BCUT2D eigenvalue weighted by Crippen LogP contribution is -2.17. The van der Waals surface area contributed by atoms with Gasteiger partial charge in [-0.2, -0.15) is 0 Å². The second kappa shape index (κ2) is 6.39. The van der Waals surface area contributed by atoms with E-state index in [0.29, 0.717) is 6.61 Å². The first-order chi connectivity index (χ1) is 9.13. The summed E-state index contributed by atoms with van der Waals surface area (Å²) in [7, 11) is 0. The summed E-state index contributed by atoms with van der Waals surface area (Å²) < 4.78 is 5.83. The third-order valence-electron chi connectivity index (χ3n) is 2.94. The van der Waals surface area contributed by atoms with Gasteiger partial charge in [0.2, 0.25) is 0 Å². The van der Waals surface area contributed by atoms with Gasteiger partial charge in [-0.3, -0.25) is 0 Å². The van der Waals surface area contributed by atoms with E-state index in [1.54, 1.807) is 0 Å². The smallest absolute Gasteiger partial charge is 0.120 e. The van der Waals surface area contributed by atoms with E-state index in [1.807, 2.05) is 19.1 Å². The van der Waals surface area contributed by atoms with E-state index in [0.717, 1.165) is 12.2 Å².